The van der Waals surface area contributed by atoms with E-state index in [-0.39, 0.29) is 10.6 Å². The highest BCUT2D eigenvalue weighted by molar-refractivity contribution is 6.30. The lowest BCUT2D eigenvalue weighted by Gasteiger charge is -2.09. The van der Waals surface area contributed by atoms with Gasteiger partial charge in [0.25, 0.3) is 5.91 Å². The summed E-state index contributed by atoms with van der Waals surface area (Å²) in [5, 5.41) is 2.99. The number of carbonyl (C=O) groups excluding carboxylic acids is 1. The van der Waals surface area contributed by atoms with E-state index in [0.29, 0.717) is 13.1 Å². The van der Waals surface area contributed by atoms with E-state index in [1.54, 1.807) is 6.20 Å². The van der Waals surface area contributed by atoms with Crippen molar-refractivity contribution in [3.8, 4) is 0 Å². The lowest BCUT2D eigenvalue weighted by Crippen LogP contribution is -2.23. The smallest absolute Gasteiger partial charge is 0.254 e. The minimum Gasteiger partial charge on any atom is -0.348 e. The number of hydrogen-bond donors (Lipinski definition) is 1. The number of imidazole rings is 1. The first-order valence-corrected chi connectivity index (χ1v) is 8.19. The number of amides is 1. The van der Waals surface area contributed by atoms with Crippen LogP contribution >= 0.6 is 11.6 Å². The average Bonchev–Trinajstić information content (AvgIpc) is 2.98. The summed E-state index contributed by atoms with van der Waals surface area (Å²) in [6.07, 6.45) is 3.69. The van der Waals surface area contributed by atoms with Crippen LogP contribution in [0.1, 0.15) is 27.3 Å². The number of nitrogens with one attached hydrogen (secondary N) is 1. The number of nitrogens with zero attached hydrogens (tertiary/aromatic N) is 2. The molecule has 1 aromatic heterocycles. The van der Waals surface area contributed by atoms with Crippen LogP contribution in [0.2, 0.25) is 5.02 Å². The molecule has 6 heteroatoms. The molecule has 0 aliphatic heterocycles. The van der Waals surface area contributed by atoms with Crippen molar-refractivity contribution >= 4 is 17.5 Å². The van der Waals surface area contributed by atoms with Gasteiger partial charge in [0.15, 0.2) is 0 Å². The van der Waals surface area contributed by atoms with E-state index >= 15 is 0 Å². The predicted octanol–water partition coefficient (Wildman–Crippen LogP) is 3.96. The molecule has 0 atom stereocenters. The first-order valence-electron chi connectivity index (χ1n) is 7.82. The Labute approximate surface area is 150 Å². The molecule has 0 aliphatic rings. The molecule has 128 valence electrons. The van der Waals surface area contributed by atoms with Gasteiger partial charge in [0.2, 0.25) is 0 Å². The highest BCUT2D eigenvalue weighted by Gasteiger charge is 2.11. The van der Waals surface area contributed by atoms with E-state index in [1.807, 2.05) is 42.0 Å². The molecule has 25 heavy (non-hydrogen) atoms. The molecule has 0 bridgehead atoms. The Balaban J connectivity index is 1.66. The Morgan fingerprint density at radius 3 is 2.76 bits per heavy atom. The maximum Gasteiger partial charge on any atom is 0.254 e. The normalized spacial score (nSPS) is 10.7. The Kier molecular flexibility index (Phi) is 5.14. The second-order valence-electron chi connectivity index (χ2n) is 5.73. The molecule has 0 saturated carbocycles. The zero-order valence-electron chi connectivity index (χ0n) is 13.7. The van der Waals surface area contributed by atoms with Gasteiger partial charge in [-0.25, -0.2) is 9.37 Å². The third-order valence-corrected chi connectivity index (χ3v) is 4.13. The molecule has 0 unspecified atom stereocenters. The van der Waals surface area contributed by atoms with E-state index in [9.17, 15) is 9.18 Å². The molecule has 0 saturated heterocycles. The van der Waals surface area contributed by atoms with Gasteiger partial charge in [-0.15, -0.1) is 0 Å². The fourth-order valence-electron chi connectivity index (χ4n) is 2.56. The molecular weight excluding hydrogens is 341 g/mol. The van der Waals surface area contributed by atoms with E-state index in [1.165, 1.54) is 12.1 Å². The summed E-state index contributed by atoms with van der Waals surface area (Å²) in [5.41, 5.74) is 2.03. The van der Waals surface area contributed by atoms with Crippen molar-refractivity contribution in [2.45, 2.75) is 20.0 Å². The molecule has 4 nitrogen and oxygen atoms in total. The zero-order valence-corrected chi connectivity index (χ0v) is 14.4. The van der Waals surface area contributed by atoms with Crippen molar-refractivity contribution in [1.82, 2.24) is 14.9 Å². The third kappa shape index (κ3) is 4.25. The van der Waals surface area contributed by atoms with E-state index in [4.69, 9.17) is 11.6 Å². The summed E-state index contributed by atoms with van der Waals surface area (Å²) in [6.45, 7) is 2.97. The Morgan fingerprint density at radius 1 is 1.24 bits per heavy atom. The van der Waals surface area contributed by atoms with Gasteiger partial charge in [0.1, 0.15) is 11.6 Å². The molecule has 0 spiro atoms. The summed E-state index contributed by atoms with van der Waals surface area (Å²) < 4.78 is 15.8. The van der Waals surface area contributed by atoms with Gasteiger partial charge in [-0.1, -0.05) is 35.9 Å². The fourth-order valence-corrected chi connectivity index (χ4v) is 2.72. The number of benzene rings is 2. The topological polar surface area (TPSA) is 46.9 Å². The van der Waals surface area contributed by atoms with E-state index < -0.39 is 11.7 Å². The van der Waals surface area contributed by atoms with Crippen LogP contribution in [0.4, 0.5) is 4.39 Å². The number of hydrogen-bond acceptors (Lipinski definition) is 2. The maximum atomic E-state index is 13.8. The highest BCUT2D eigenvalue weighted by Crippen LogP contribution is 2.15. The Bertz CT molecular complexity index is 907. The van der Waals surface area contributed by atoms with Crippen LogP contribution in [0.25, 0.3) is 0 Å². The number of rotatable bonds is 5. The molecule has 0 aliphatic carbocycles. The number of carbonyl (C=O) groups is 1. The standard InChI is InChI=1S/C19H17ClFN3O/c1-13-22-7-8-24(13)12-15-4-2-3-14(9-15)11-23-19(25)17-6-5-16(20)10-18(17)21/h2-10H,11-12H2,1H3,(H,23,25). The van der Waals surface area contributed by atoms with Crippen LogP contribution in [-0.4, -0.2) is 15.5 Å². The van der Waals surface area contributed by atoms with Gasteiger partial charge in [-0.3, -0.25) is 4.79 Å². The second kappa shape index (κ2) is 7.49. The first-order chi connectivity index (χ1) is 12.0. The molecular formula is C19H17ClFN3O. The minimum absolute atomic E-state index is 0.0189. The van der Waals surface area contributed by atoms with Crippen molar-refractivity contribution in [1.29, 1.82) is 0 Å². The van der Waals surface area contributed by atoms with Crippen LogP contribution in [0.15, 0.2) is 54.9 Å². The van der Waals surface area contributed by atoms with Crippen molar-refractivity contribution in [2.24, 2.45) is 0 Å². The van der Waals surface area contributed by atoms with Gasteiger partial charge < -0.3 is 9.88 Å². The van der Waals surface area contributed by atoms with Crippen molar-refractivity contribution in [2.75, 3.05) is 0 Å². The lowest BCUT2D eigenvalue weighted by atomic mass is 10.1. The summed E-state index contributed by atoms with van der Waals surface area (Å²) >= 11 is 5.70. The summed E-state index contributed by atoms with van der Waals surface area (Å²) in [7, 11) is 0. The predicted molar refractivity (Wildman–Crippen MR) is 95.1 cm³/mol. The quantitative estimate of drug-likeness (QED) is 0.751. The molecule has 3 aromatic rings. The van der Waals surface area contributed by atoms with Gasteiger partial charge >= 0.3 is 0 Å². The summed E-state index contributed by atoms with van der Waals surface area (Å²) in [4.78, 5) is 16.3. The lowest BCUT2D eigenvalue weighted by molar-refractivity contribution is 0.0947. The monoisotopic (exact) mass is 357 g/mol. The number of aromatic nitrogens is 2. The second-order valence-corrected chi connectivity index (χ2v) is 6.17. The van der Waals surface area contributed by atoms with E-state index in [0.717, 1.165) is 23.0 Å². The van der Waals surface area contributed by atoms with Gasteiger partial charge in [-0.05, 0) is 36.2 Å². The Morgan fingerprint density at radius 2 is 2.04 bits per heavy atom. The summed E-state index contributed by atoms with van der Waals surface area (Å²) in [6, 6.07) is 11.9. The van der Waals surface area contributed by atoms with Crippen LogP contribution in [0.3, 0.4) is 0 Å². The molecule has 0 fully saturated rings. The highest BCUT2D eigenvalue weighted by atomic mass is 35.5. The van der Waals surface area contributed by atoms with E-state index in [2.05, 4.69) is 10.3 Å². The Hall–Kier alpha value is -2.66. The number of aryl methyl sites for hydroxylation is 1. The van der Waals surface area contributed by atoms with Gasteiger partial charge in [0.05, 0.1) is 5.56 Å². The molecule has 1 N–H and O–H groups in total. The number of halogens is 2. The molecule has 0 radical (unpaired) electrons. The van der Waals surface area contributed by atoms with Crippen molar-refractivity contribution in [3.63, 3.8) is 0 Å². The van der Waals surface area contributed by atoms with Crippen molar-refractivity contribution in [3.05, 3.63) is 88.2 Å². The largest absolute Gasteiger partial charge is 0.348 e. The molecule has 1 amide bonds. The van der Waals surface area contributed by atoms with Crippen molar-refractivity contribution < 1.29 is 9.18 Å². The first kappa shape index (κ1) is 17.2. The zero-order chi connectivity index (χ0) is 17.8. The minimum atomic E-state index is -0.630. The van der Waals surface area contributed by atoms with Crippen LogP contribution < -0.4 is 5.32 Å². The van der Waals surface area contributed by atoms with Crippen LogP contribution in [0.5, 0.6) is 0 Å². The van der Waals surface area contributed by atoms with Gasteiger partial charge in [0, 0.05) is 30.5 Å². The summed E-state index contributed by atoms with van der Waals surface area (Å²) in [5.74, 6) is -0.156. The third-order valence-electron chi connectivity index (χ3n) is 3.90. The average molecular weight is 358 g/mol. The fraction of sp³-hybridized carbons (Fsp3) is 0.158. The van der Waals surface area contributed by atoms with Crippen LogP contribution in [-0.2, 0) is 13.1 Å². The maximum absolute atomic E-state index is 13.8. The van der Waals surface area contributed by atoms with Crippen LogP contribution in [0, 0.1) is 12.7 Å². The molecule has 2 aromatic carbocycles. The molecule has 3 rings (SSSR count). The SMILES string of the molecule is Cc1nccn1Cc1cccc(CNC(=O)c2ccc(Cl)cc2F)c1. The molecule has 1 heterocycles. The van der Waals surface area contributed by atoms with Gasteiger partial charge in [-0.2, -0.15) is 0 Å².